The van der Waals surface area contributed by atoms with Crippen LogP contribution in [-0.2, 0) is 6.54 Å². The maximum Gasteiger partial charge on any atom is 0.268 e. The van der Waals surface area contributed by atoms with Gasteiger partial charge in [0.15, 0.2) is 0 Å². The molecule has 3 heterocycles. The van der Waals surface area contributed by atoms with Crippen LogP contribution in [0, 0.1) is 17.1 Å². The second kappa shape index (κ2) is 8.71. The number of benzene rings is 1. The minimum absolute atomic E-state index is 0.0403. The van der Waals surface area contributed by atoms with E-state index < -0.39 is 5.82 Å². The molecule has 2 atom stereocenters. The third-order valence-corrected chi connectivity index (χ3v) is 5.39. The molecule has 1 aliphatic heterocycles. The van der Waals surface area contributed by atoms with Crippen molar-refractivity contribution in [3.63, 3.8) is 0 Å². The van der Waals surface area contributed by atoms with Gasteiger partial charge in [-0.25, -0.2) is 9.37 Å². The number of carbonyl (C=O) groups is 1. The number of rotatable bonds is 6. The first-order valence-electron chi connectivity index (χ1n) is 10.1. The van der Waals surface area contributed by atoms with E-state index in [4.69, 9.17) is 10.00 Å². The first-order valence-corrected chi connectivity index (χ1v) is 10.1. The zero-order valence-electron chi connectivity index (χ0n) is 17.3. The number of hydrogen-bond donors (Lipinski definition) is 4. The molecule has 1 saturated heterocycles. The summed E-state index contributed by atoms with van der Waals surface area (Å²) in [6, 6.07) is 10.4. The molecule has 3 aromatic rings. The number of H-pyrrole nitrogens is 1. The van der Waals surface area contributed by atoms with Crippen LogP contribution in [0.5, 0.6) is 5.75 Å². The van der Waals surface area contributed by atoms with Crippen molar-refractivity contribution in [3.05, 3.63) is 58.7 Å². The van der Waals surface area contributed by atoms with Gasteiger partial charge in [0.25, 0.3) is 5.91 Å². The van der Waals surface area contributed by atoms with Crippen LogP contribution in [-0.4, -0.2) is 35.1 Å². The zero-order chi connectivity index (χ0) is 22.0. The Morgan fingerprint density at radius 1 is 1.39 bits per heavy atom. The van der Waals surface area contributed by atoms with Crippen LogP contribution in [0.15, 0.2) is 30.3 Å². The van der Waals surface area contributed by atoms with E-state index in [0.717, 1.165) is 23.7 Å². The molecule has 1 amide bonds. The average molecular weight is 422 g/mol. The number of aromatic nitrogens is 2. The smallest absolute Gasteiger partial charge is 0.268 e. The summed E-state index contributed by atoms with van der Waals surface area (Å²) >= 11 is 0. The molecule has 2 unspecified atom stereocenters. The van der Waals surface area contributed by atoms with E-state index in [-0.39, 0.29) is 35.5 Å². The van der Waals surface area contributed by atoms with Crippen molar-refractivity contribution in [1.82, 2.24) is 26.1 Å². The summed E-state index contributed by atoms with van der Waals surface area (Å²) < 4.78 is 19.7. The third-order valence-electron chi connectivity index (χ3n) is 5.39. The number of aromatic amines is 1. The van der Waals surface area contributed by atoms with Crippen molar-refractivity contribution in [2.24, 2.45) is 0 Å². The minimum atomic E-state index is -0.573. The van der Waals surface area contributed by atoms with Crippen LogP contribution < -0.4 is 20.9 Å². The Bertz CT molecular complexity index is 1170. The second-order valence-corrected chi connectivity index (χ2v) is 7.44. The van der Waals surface area contributed by atoms with Gasteiger partial charge in [-0.1, -0.05) is 0 Å². The summed E-state index contributed by atoms with van der Waals surface area (Å²) in [5.74, 6) is -0.415. The molecule has 8 nitrogen and oxygen atoms in total. The third kappa shape index (κ3) is 4.21. The van der Waals surface area contributed by atoms with Gasteiger partial charge in [-0.05, 0) is 44.2 Å². The number of halogens is 1. The Morgan fingerprint density at radius 3 is 2.94 bits per heavy atom. The van der Waals surface area contributed by atoms with E-state index in [0.29, 0.717) is 23.7 Å². The topological polar surface area (TPSA) is 115 Å². The number of pyridine rings is 1. The van der Waals surface area contributed by atoms with Gasteiger partial charge in [-0.2, -0.15) is 5.26 Å². The lowest BCUT2D eigenvalue weighted by Gasteiger charge is -2.12. The fourth-order valence-electron chi connectivity index (χ4n) is 3.68. The number of fused-ring (bicyclic) bond motifs is 1. The molecule has 4 N–H and O–H groups in total. The van der Waals surface area contributed by atoms with Gasteiger partial charge in [-0.15, -0.1) is 0 Å². The number of ether oxygens (including phenoxy) is 1. The van der Waals surface area contributed by atoms with Crippen molar-refractivity contribution < 1.29 is 13.9 Å². The predicted octanol–water partition coefficient (Wildman–Crippen LogP) is 2.48. The van der Waals surface area contributed by atoms with Crippen molar-refractivity contribution in [3.8, 4) is 11.8 Å². The van der Waals surface area contributed by atoms with Crippen LogP contribution in [0.3, 0.4) is 0 Å². The van der Waals surface area contributed by atoms with E-state index in [9.17, 15) is 9.18 Å². The molecule has 0 bridgehead atoms. The highest BCUT2D eigenvalue weighted by Gasteiger charge is 2.26. The van der Waals surface area contributed by atoms with Crippen molar-refractivity contribution >= 4 is 16.9 Å². The standard InChI is InChI=1S/C22H23FN6O2/c1-3-31-20-8-15(17(23)6-14(20)9-24)10-25-22(30)19-7-13-4-5-18(27-21(13)28-19)16-11-26-29-12(16)2/h4-8,12,16,26,29H,3,10-11H2,1-2H3,(H,25,30)(H,27,28). The molecular formula is C22H23FN6O2. The molecule has 1 aromatic carbocycles. The lowest BCUT2D eigenvalue weighted by Crippen LogP contribution is -2.28. The summed E-state index contributed by atoms with van der Waals surface area (Å²) in [6.45, 7) is 4.96. The number of carbonyl (C=O) groups excluding carboxylic acids is 1. The first-order chi connectivity index (χ1) is 15.0. The van der Waals surface area contributed by atoms with Gasteiger partial charge in [-0.3, -0.25) is 15.6 Å². The van der Waals surface area contributed by atoms with Gasteiger partial charge in [0, 0.05) is 41.7 Å². The highest BCUT2D eigenvalue weighted by atomic mass is 19.1. The highest BCUT2D eigenvalue weighted by molar-refractivity contribution is 5.97. The van der Waals surface area contributed by atoms with Crippen LogP contribution in [0.1, 0.15) is 47.1 Å². The quantitative estimate of drug-likeness (QED) is 0.485. The predicted molar refractivity (Wildman–Crippen MR) is 113 cm³/mol. The molecular weight excluding hydrogens is 399 g/mol. The van der Waals surface area contributed by atoms with Crippen molar-refractivity contribution in [1.29, 1.82) is 5.26 Å². The second-order valence-electron chi connectivity index (χ2n) is 7.44. The van der Waals surface area contributed by atoms with E-state index in [1.165, 1.54) is 6.07 Å². The maximum atomic E-state index is 14.3. The Labute approximate surface area is 178 Å². The molecule has 4 rings (SSSR count). The maximum absolute atomic E-state index is 14.3. The normalized spacial score (nSPS) is 18.1. The molecule has 0 aliphatic carbocycles. The lowest BCUT2D eigenvalue weighted by atomic mass is 9.99. The number of nitrogens with one attached hydrogen (secondary N) is 4. The summed E-state index contributed by atoms with van der Waals surface area (Å²) in [6.07, 6.45) is 0. The largest absolute Gasteiger partial charge is 0.492 e. The summed E-state index contributed by atoms with van der Waals surface area (Å²) in [7, 11) is 0. The van der Waals surface area contributed by atoms with Gasteiger partial charge >= 0.3 is 0 Å². The van der Waals surface area contributed by atoms with E-state index in [1.54, 1.807) is 13.0 Å². The van der Waals surface area contributed by atoms with Gasteiger partial charge in [0.1, 0.15) is 29.0 Å². The molecule has 160 valence electrons. The molecule has 1 aliphatic rings. The summed E-state index contributed by atoms with van der Waals surface area (Å²) in [4.78, 5) is 20.4. The monoisotopic (exact) mass is 422 g/mol. The summed E-state index contributed by atoms with van der Waals surface area (Å²) in [5, 5.41) is 12.6. The molecule has 0 saturated carbocycles. The van der Waals surface area contributed by atoms with Crippen LogP contribution >= 0.6 is 0 Å². The van der Waals surface area contributed by atoms with Crippen LogP contribution in [0.4, 0.5) is 4.39 Å². The number of nitrogens with zero attached hydrogens (tertiary/aromatic N) is 2. The molecule has 0 radical (unpaired) electrons. The number of hydrogen-bond acceptors (Lipinski definition) is 6. The van der Waals surface area contributed by atoms with Gasteiger partial charge < -0.3 is 15.0 Å². The van der Waals surface area contributed by atoms with Gasteiger partial charge in [0.2, 0.25) is 0 Å². The fourth-order valence-corrected chi connectivity index (χ4v) is 3.68. The van der Waals surface area contributed by atoms with Gasteiger partial charge in [0.05, 0.1) is 12.2 Å². The first kappa shape index (κ1) is 20.8. The molecule has 1 fully saturated rings. The van der Waals surface area contributed by atoms with E-state index in [2.05, 4.69) is 33.1 Å². The Kier molecular flexibility index (Phi) is 5.84. The SMILES string of the molecule is CCOc1cc(CNC(=O)c2cc3ccc(C4CNNC4C)nc3[nH]2)c(F)cc1C#N. The number of hydrazine groups is 1. The highest BCUT2D eigenvalue weighted by Crippen LogP contribution is 2.24. The molecule has 31 heavy (non-hydrogen) atoms. The Balaban J connectivity index is 1.50. The summed E-state index contributed by atoms with van der Waals surface area (Å²) in [5.41, 5.74) is 8.57. The van der Waals surface area contributed by atoms with E-state index >= 15 is 0 Å². The number of nitriles is 1. The minimum Gasteiger partial charge on any atom is -0.492 e. The number of amides is 1. The fraction of sp³-hybridized carbons (Fsp3) is 0.318. The van der Waals surface area contributed by atoms with Crippen molar-refractivity contribution in [2.75, 3.05) is 13.2 Å². The van der Waals surface area contributed by atoms with E-state index in [1.807, 2.05) is 18.2 Å². The molecule has 2 aromatic heterocycles. The van der Waals surface area contributed by atoms with Crippen LogP contribution in [0.2, 0.25) is 0 Å². The average Bonchev–Trinajstić information content (AvgIpc) is 3.39. The lowest BCUT2D eigenvalue weighted by molar-refractivity contribution is 0.0946. The molecule has 0 spiro atoms. The van der Waals surface area contributed by atoms with Crippen molar-refractivity contribution in [2.45, 2.75) is 32.4 Å². The molecule has 9 heteroatoms. The Morgan fingerprint density at radius 2 is 2.23 bits per heavy atom. The Hall–Kier alpha value is -3.48. The zero-order valence-corrected chi connectivity index (χ0v) is 17.3. The van der Waals surface area contributed by atoms with Crippen LogP contribution in [0.25, 0.3) is 11.0 Å².